The third kappa shape index (κ3) is 6.24. The molecule has 2 aliphatic rings. The maximum absolute atomic E-state index is 2.47. The Bertz CT molecular complexity index is 3430. The monoisotopic (exact) mass is 846 g/mol. The summed E-state index contributed by atoms with van der Waals surface area (Å²) in [5.41, 5.74) is 19.7. The molecule has 12 rings (SSSR count). The molecular formula is C64H50N2. The van der Waals surface area contributed by atoms with Crippen molar-refractivity contribution in [1.82, 2.24) is 0 Å². The number of para-hydroxylation sites is 4. The molecule has 0 aromatic heterocycles. The summed E-state index contributed by atoms with van der Waals surface area (Å²) < 4.78 is 0. The Morgan fingerprint density at radius 1 is 0.318 bits per heavy atom. The Morgan fingerprint density at radius 3 is 1.29 bits per heavy atom. The number of anilines is 6. The van der Waals surface area contributed by atoms with Crippen LogP contribution in [0.5, 0.6) is 0 Å². The van der Waals surface area contributed by atoms with E-state index >= 15 is 0 Å². The van der Waals surface area contributed by atoms with Crippen molar-refractivity contribution in [1.29, 1.82) is 0 Å². The lowest BCUT2D eigenvalue weighted by Crippen LogP contribution is -2.17. The van der Waals surface area contributed by atoms with Crippen molar-refractivity contribution in [3.05, 3.63) is 252 Å². The Labute approximate surface area is 388 Å². The second-order valence-electron chi connectivity index (χ2n) is 18.9. The summed E-state index contributed by atoms with van der Waals surface area (Å²) in [6, 6.07) is 80.0. The molecular weight excluding hydrogens is 797 g/mol. The van der Waals surface area contributed by atoms with Crippen molar-refractivity contribution in [3.8, 4) is 22.3 Å². The van der Waals surface area contributed by atoms with E-state index in [-0.39, 0.29) is 10.8 Å². The second-order valence-corrected chi connectivity index (χ2v) is 18.9. The number of hydrogen-bond donors (Lipinski definition) is 0. The first-order valence-corrected chi connectivity index (χ1v) is 23.2. The van der Waals surface area contributed by atoms with Gasteiger partial charge in [-0.15, -0.1) is 0 Å². The topological polar surface area (TPSA) is 6.48 Å². The van der Waals surface area contributed by atoms with Crippen molar-refractivity contribution >= 4 is 67.8 Å². The Morgan fingerprint density at radius 2 is 0.742 bits per heavy atom. The first-order chi connectivity index (χ1) is 32.3. The minimum absolute atomic E-state index is 0.214. The van der Waals surface area contributed by atoms with Gasteiger partial charge in [-0.25, -0.2) is 0 Å². The number of benzene rings is 10. The first kappa shape index (κ1) is 39.6. The van der Waals surface area contributed by atoms with Crippen molar-refractivity contribution in [3.63, 3.8) is 0 Å². The summed E-state index contributed by atoms with van der Waals surface area (Å²) in [6.45, 7) is 9.59. The van der Waals surface area contributed by atoms with Gasteiger partial charge in [-0.3, -0.25) is 0 Å². The predicted molar refractivity (Wildman–Crippen MR) is 281 cm³/mol. The molecule has 0 radical (unpaired) electrons. The van der Waals surface area contributed by atoms with Crippen LogP contribution < -0.4 is 9.80 Å². The molecule has 316 valence electrons. The van der Waals surface area contributed by atoms with Gasteiger partial charge in [0, 0.05) is 44.7 Å². The van der Waals surface area contributed by atoms with Gasteiger partial charge in [0.1, 0.15) is 0 Å². The van der Waals surface area contributed by atoms with Crippen LogP contribution in [0.15, 0.2) is 218 Å². The second kappa shape index (κ2) is 15.4. The van der Waals surface area contributed by atoms with Crippen molar-refractivity contribution < 1.29 is 0 Å². The van der Waals surface area contributed by atoms with Gasteiger partial charge in [0.05, 0.1) is 5.69 Å². The van der Waals surface area contributed by atoms with Crippen LogP contribution in [0.1, 0.15) is 61.1 Å². The molecule has 0 saturated heterocycles. The van der Waals surface area contributed by atoms with E-state index in [0.717, 1.165) is 28.4 Å². The van der Waals surface area contributed by atoms with E-state index in [9.17, 15) is 0 Å². The van der Waals surface area contributed by atoms with Gasteiger partial charge in [-0.05, 0) is 145 Å². The zero-order valence-corrected chi connectivity index (χ0v) is 37.8. The minimum atomic E-state index is -0.224. The van der Waals surface area contributed by atoms with E-state index in [2.05, 4.69) is 268 Å². The van der Waals surface area contributed by atoms with Crippen molar-refractivity contribution in [2.45, 2.75) is 38.5 Å². The molecule has 0 spiro atoms. The van der Waals surface area contributed by atoms with E-state index in [4.69, 9.17) is 0 Å². The van der Waals surface area contributed by atoms with Crippen LogP contribution in [0.25, 0.3) is 56.0 Å². The maximum Gasteiger partial charge on any atom is 0.0543 e. The van der Waals surface area contributed by atoms with Crippen molar-refractivity contribution in [2.75, 3.05) is 9.80 Å². The quantitative estimate of drug-likeness (QED) is 0.141. The first-order valence-electron chi connectivity index (χ1n) is 23.2. The van der Waals surface area contributed by atoms with Crippen LogP contribution in [0, 0.1) is 0 Å². The molecule has 66 heavy (non-hydrogen) atoms. The van der Waals surface area contributed by atoms with E-state index in [1.807, 2.05) is 0 Å². The molecule has 2 nitrogen and oxygen atoms in total. The molecule has 2 aliphatic carbocycles. The largest absolute Gasteiger partial charge is 0.310 e. The molecule has 0 fully saturated rings. The molecule has 10 aromatic carbocycles. The normalized spacial score (nSPS) is 13.9. The Kier molecular flexibility index (Phi) is 9.22. The fraction of sp³-hybridized carbons (Fsp3) is 0.0938. The van der Waals surface area contributed by atoms with Gasteiger partial charge in [-0.1, -0.05) is 185 Å². The highest BCUT2D eigenvalue weighted by Gasteiger charge is 2.39. The lowest BCUT2D eigenvalue weighted by Gasteiger charge is -2.29. The predicted octanol–water partition coefficient (Wildman–Crippen LogP) is 17.7. The lowest BCUT2D eigenvalue weighted by atomic mass is 9.80. The number of fused-ring (bicyclic) bond motifs is 10. The summed E-state index contributed by atoms with van der Waals surface area (Å²) in [5, 5.41) is 5.09. The third-order valence-corrected chi connectivity index (χ3v) is 14.4. The molecule has 10 aromatic rings. The van der Waals surface area contributed by atoms with Crippen LogP contribution in [0.2, 0.25) is 0 Å². The Hall–Kier alpha value is -7.94. The van der Waals surface area contributed by atoms with E-state index in [1.54, 1.807) is 0 Å². The molecule has 0 bridgehead atoms. The van der Waals surface area contributed by atoms with Crippen LogP contribution >= 0.6 is 0 Å². The number of hydrogen-bond acceptors (Lipinski definition) is 2. The molecule has 0 saturated carbocycles. The minimum Gasteiger partial charge on any atom is -0.310 e. The highest BCUT2D eigenvalue weighted by Crippen LogP contribution is 2.56. The lowest BCUT2D eigenvalue weighted by molar-refractivity contribution is 0.660. The van der Waals surface area contributed by atoms with Crippen LogP contribution in [0.3, 0.4) is 0 Å². The maximum atomic E-state index is 2.47. The zero-order valence-electron chi connectivity index (χ0n) is 37.8. The highest BCUT2D eigenvalue weighted by atomic mass is 15.1. The standard InChI is InChI=1S/C64H50N2/c1-63(2)56-39-43(34-37-54(56)62-53-32-20-18-30-51(53)60(42-59(62)63)66(47-25-13-7-14-26-47)48-27-15-8-16-28-48)33-35-44-40-58-61(52-31-19-17-29-50(44)52)55-38-36-49(41-57(55)64(58,3)4)65(45-21-9-5-10-22-45)46-23-11-6-12-24-46/h5-42H,1-4H3/b35-33+. The SMILES string of the molecule is CC1(C)c2cc(N(c3ccccc3)c3ccccc3)ccc2-c2c1cc(/C=C/c1ccc3c(c1)C(C)(C)c1cc(N(c4ccccc4)c4ccccc4)c4ccccc4c1-3)c1ccccc21. The van der Waals surface area contributed by atoms with Crippen LogP contribution in [0.4, 0.5) is 34.1 Å². The molecule has 2 heteroatoms. The zero-order chi connectivity index (χ0) is 44.6. The van der Waals surface area contributed by atoms with Gasteiger partial charge in [0.25, 0.3) is 0 Å². The van der Waals surface area contributed by atoms with Gasteiger partial charge in [0.15, 0.2) is 0 Å². The number of nitrogens with zero attached hydrogens (tertiary/aromatic N) is 2. The van der Waals surface area contributed by atoms with Crippen molar-refractivity contribution in [2.24, 2.45) is 0 Å². The number of rotatable bonds is 8. The fourth-order valence-corrected chi connectivity index (χ4v) is 11.1. The van der Waals surface area contributed by atoms with E-state index < -0.39 is 0 Å². The smallest absolute Gasteiger partial charge is 0.0543 e. The molecule has 0 unspecified atom stereocenters. The summed E-state index contributed by atoms with van der Waals surface area (Å²) in [5.74, 6) is 0. The molecule has 0 N–H and O–H groups in total. The molecule has 0 atom stereocenters. The third-order valence-electron chi connectivity index (χ3n) is 14.4. The van der Waals surface area contributed by atoms with Gasteiger partial charge in [0.2, 0.25) is 0 Å². The van der Waals surface area contributed by atoms with E-state index in [0.29, 0.717) is 0 Å². The van der Waals surface area contributed by atoms with Gasteiger partial charge >= 0.3 is 0 Å². The highest BCUT2D eigenvalue weighted by molar-refractivity contribution is 6.11. The molecule has 0 amide bonds. The summed E-state index contributed by atoms with van der Waals surface area (Å²) in [7, 11) is 0. The van der Waals surface area contributed by atoms with Gasteiger partial charge in [-0.2, -0.15) is 0 Å². The van der Waals surface area contributed by atoms with Crippen LogP contribution in [-0.2, 0) is 10.8 Å². The van der Waals surface area contributed by atoms with Crippen LogP contribution in [-0.4, -0.2) is 0 Å². The van der Waals surface area contributed by atoms with E-state index in [1.165, 1.54) is 82.9 Å². The fourth-order valence-electron chi connectivity index (χ4n) is 11.1. The molecule has 0 heterocycles. The Balaban J connectivity index is 0.938. The summed E-state index contributed by atoms with van der Waals surface area (Å²) in [6.07, 6.45) is 4.68. The average molecular weight is 847 g/mol. The average Bonchev–Trinajstić information content (AvgIpc) is 3.73. The van der Waals surface area contributed by atoms with Gasteiger partial charge < -0.3 is 9.80 Å². The summed E-state index contributed by atoms with van der Waals surface area (Å²) in [4.78, 5) is 4.78. The molecule has 0 aliphatic heterocycles. The summed E-state index contributed by atoms with van der Waals surface area (Å²) >= 11 is 0.